The molecule has 2 N–H and O–H groups in total. The molecule has 2 rings (SSSR count). The Bertz CT molecular complexity index is 691. The third kappa shape index (κ3) is 4.28. The minimum absolute atomic E-state index is 0.0850. The van der Waals surface area contributed by atoms with Crippen LogP contribution in [0.1, 0.15) is 5.56 Å². The van der Waals surface area contributed by atoms with E-state index in [1.165, 1.54) is 20.2 Å². The third-order valence-electron chi connectivity index (χ3n) is 3.56. The minimum Gasteiger partial charge on any atom is -0.320 e. The number of hydrogen-bond acceptors (Lipinski definition) is 3. The third-order valence-corrected chi connectivity index (χ3v) is 3.85. The van der Waals surface area contributed by atoms with Crippen LogP contribution in [-0.4, -0.2) is 31.2 Å². The van der Waals surface area contributed by atoms with E-state index in [-0.39, 0.29) is 10.9 Å². The Labute approximate surface area is 139 Å². The summed E-state index contributed by atoms with van der Waals surface area (Å²) in [6, 6.07) is 11.4. The summed E-state index contributed by atoms with van der Waals surface area (Å²) in [4.78, 5) is 16.7. The van der Waals surface area contributed by atoms with Crippen molar-refractivity contribution >= 4 is 17.5 Å². The van der Waals surface area contributed by atoms with Gasteiger partial charge in [-0.3, -0.25) is 9.63 Å². The van der Waals surface area contributed by atoms with Crippen LogP contribution in [0.15, 0.2) is 42.5 Å². The van der Waals surface area contributed by atoms with Crippen molar-refractivity contribution in [3.63, 3.8) is 0 Å². The van der Waals surface area contributed by atoms with E-state index in [0.717, 1.165) is 21.8 Å². The van der Waals surface area contributed by atoms with E-state index in [2.05, 4.69) is 0 Å². The van der Waals surface area contributed by atoms with Crippen LogP contribution in [0.4, 0.5) is 4.39 Å². The Kier molecular flexibility index (Phi) is 5.71. The Morgan fingerprint density at radius 3 is 2.43 bits per heavy atom. The first-order chi connectivity index (χ1) is 10.9. The minimum atomic E-state index is -0.675. The standard InChI is InChI=1S/C17H18ClFN2O2/c1-21(23-2)17(22)16(20)9-11-3-5-12(6-4-11)13-7-8-15(19)14(18)10-13/h3-8,10,16H,9,20H2,1-2H3/t16-/m1/s1. The molecule has 2 aromatic carbocycles. The predicted octanol–water partition coefficient (Wildman–Crippen LogP) is 3.04. The van der Waals surface area contributed by atoms with Crippen molar-refractivity contribution in [2.24, 2.45) is 5.73 Å². The maximum absolute atomic E-state index is 13.2. The van der Waals surface area contributed by atoms with Crippen molar-refractivity contribution in [3.8, 4) is 11.1 Å². The Morgan fingerprint density at radius 2 is 1.87 bits per heavy atom. The summed E-state index contributed by atoms with van der Waals surface area (Å²) in [6.07, 6.45) is 0.400. The molecule has 0 fully saturated rings. The molecule has 1 amide bonds. The number of hydrogen-bond donors (Lipinski definition) is 1. The molecule has 0 bridgehead atoms. The topological polar surface area (TPSA) is 55.6 Å². The van der Waals surface area contributed by atoms with Gasteiger partial charge >= 0.3 is 0 Å². The van der Waals surface area contributed by atoms with Crippen LogP contribution < -0.4 is 5.73 Å². The molecule has 0 aliphatic heterocycles. The fraction of sp³-hybridized carbons (Fsp3) is 0.235. The lowest BCUT2D eigenvalue weighted by atomic mass is 10.0. The van der Waals surface area contributed by atoms with Gasteiger partial charge in [-0.05, 0) is 35.2 Å². The zero-order valence-electron chi connectivity index (χ0n) is 12.9. The molecule has 0 spiro atoms. The van der Waals surface area contributed by atoms with E-state index in [0.29, 0.717) is 6.42 Å². The average Bonchev–Trinajstić information content (AvgIpc) is 2.56. The van der Waals surface area contributed by atoms with Gasteiger partial charge in [0.25, 0.3) is 5.91 Å². The first-order valence-corrected chi connectivity index (χ1v) is 7.41. The Morgan fingerprint density at radius 1 is 1.26 bits per heavy atom. The van der Waals surface area contributed by atoms with Gasteiger partial charge in [0.15, 0.2) is 0 Å². The van der Waals surface area contributed by atoms with Gasteiger partial charge in [0.1, 0.15) is 5.82 Å². The number of likely N-dealkylation sites (N-methyl/N-ethyl adjacent to an activating group) is 1. The lowest BCUT2D eigenvalue weighted by Crippen LogP contribution is -2.42. The molecule has 0 aromatic heterocycles. The highest BCUT2D eigenvalue weighted by Crippen LogP contribution is 2.25. The molecule has 2 aromatic rings. The van der Waals surface area contributed by atoms with Gasteiger partial charge in [0.05, 0.1) is 18.2 Å². The number of rotatable bonds is 5. The van der Waals surface area contributed by atoms with Crippen LogP contribution in [0.5, 0.6) is 0 Å². The number of nitrogens with zero attached hydrogens (tertiary/aromatic N) is 1. The molecule has 122 valence electrons. The molecule has 0 heterocycles. The molecule has 0 unspecified atom stereocenters. The molecule has 23 heavy (non-hydrogen) atoms. The first-order valence-electron chi connectivity index (χ1n) is 7.04. The molecule has 0 saturated heterocycles. The lowest BCUT2D eigenvalue weighted by Gasteiger charge is -2.18. The zero-order valence-corrected chi connectivity index (χ0v) is 13.7. The van der Waals surface area contributed by atoms with Crippen molar-refractivity contribution in [1.29, 1.82) is 0 Å². The second kappa shape index (κ2) is 7.55. The predicted molar refractivity (Wildman–Crippen MR) is 88.3 cm³/mol. The Balaban J connectivity index is 2.10. The van der Waals surface area contributed by atoms with E-state index < -0.39 is 11.9 Å². The SMILES string of the molecule is CON(C)C(=O)[C@H](N)Cc1ccc(-c2ccc(F)c(Cl)c2)cc1. The molecular weight excluding hydrogens is 319 g/mol. The number of carbonyl (C=O) groups excluding carboxylic acids is 1. The summed E-state index contributed by atoms with van der Waals surface area (Å²) in [6.45, 7) is 0. The lowest BCUT2D eigenvalue weighted by molar-refractivity contribution is -0.170. The second-order valence-corrected chi connectivity index (χ2v) is 5.56. The van der Waals surface area contributed by atoms with Gasteiger partial charge in [-0.15, -0.1) is 0 Å². The van der Waals surface area contributed by atoms with Crippen LogP contribution in [0.2, 0.25) is 5.02 Å². The highest BCUT2D eigenvalue weighted by molar-refractivity contribution is 6.31. The first kappa shape index (κ1) is 17.4. The Hall–Kier alpha value is -1.95. The molecular formula is C17H18ClFN2O2. The average molecular weight is 337 g/mol. The molecule has 6 heteroatoms. The molecule has 0 saturated carbocycles. The number of benzene rings is 2. The number of nitrogens with two attached hydrogens (primary N) is 1. The van der Waals surface area contributed by atoms with Gasteiger partial charge < -0.3 is 5.73 Å². The van der Waals surface area contributed by atoms with E-state index >= 15 is 0 Å². The van der Waals surface area contributed by atoms with Gasteiger partial charge in [-0.1, -0.05) is 41.9 Å². The summed E-state index contributed by atoms with van der Waals surface area (Å²) in [5.74, 6) is -0.735. The monoisotopic (exact) mass is 336 g/mol. The quantitative estimate of drug-likeness (QED) is 0.854. The van der Waals surface area contributed by atoms with Crippen LogP contribution in [0, 0.1) is 5.82 Å². The maximum atomic E-state index is 13.2. The number of amides is 1. The molecule has 0 radical (unpaired) electrons. The van der Waals surface area contributed by atoms with E-state index in [1.807, 2.05) is 24.3 Å². The fourth-order valence-corrected chi connectivity index (χ4v) is 2.35. The zero-order chi connectivity index (χ0) is 17.0. The number of halogens is 2. The van der Waals surface area contributed by atoms with Crippen molar-refractivity contribution < 1.29 is 14.0 Å². The van der Waals surface area contributed by atoms with Crippen molar-refractivity contribution in [2.75, 3.05) is 14.2 Å². The molecule has 1 atom stereocenters. The molecule has 4 nitrogen and oxygen atoms in total. The largest absolute Gasteiger partial charge is 0.320 e. The van der Waals surface area contributed by atoms with Gasteiger partial charge in [-0.25, -0.2) is 9.45 Å². The summed E-state index contributed by atoms with van der Waals surface area (Å²) >= 11 is 5.80. The van der Waals surface area contributed by atoms with E-state index in [1.54, 1.807) is 12.1 Å². The maximum Gasteiger partial charge on any atom is 0.263 e. The number of hydroxylamine groups is 2. The summed E-state index contributed by atoms with van der Waals surface area (Å²) in [7, 11) is 2.93. The summed E-state index contributed by atoms with van der Waals surface area (Å²) in [5.41, 5.74) is 8.53. The van der Waals surface area contributed by atoms with Gasteiger partial charge in [0, 0.05) is 7.05 Å². The van der Waals surface area contributed by atoms with Crippen molar-refractivity contribution in [3.05, 3.63) is 58.9 Å². The smallest absolute Gasteiger partial charge is 0.263 e. The van der Waals surface area contributed by atoms with Gasteiger partial charge in [0.2, 0.25) is 0 Å². The van der Waals surface area contributed by atoms with Crippen LogP contribution >= 0.6 is 11.6 Å². The van der Waals surface area contributed by atoms with Crippen LogP contribution in [0.25, 0.3) is 11.1 Å². The fourth-order valence-electron chi connectivity index (χ4n) is 2.17. The van der Waals surface area contributed by atoms with E-state index in [9.17, 15) is 9.18 Å². The van der Waals surface area contributed by atoms with Crippen molar-refractivity contribution in [2.45, 2.75) is 12.5 Å². The normalized spacial score (nSPS) is 12.0. The van der Waals surface area contributed by atoms with Crippen molar-refractivity contribution in [1.82, 2.24) is 5.06 Å². The summed E-state index contributed by atoms with van der Waals surface area (Å²) < 4.78 is 13.2. The highest BCUT2D eigenvalue weighted by atomic mass is 35.5. The molecule has 0 aliphatic carbocycles. The van der Waals surface area contributed by atoms with E-state index in [4.69, 9.17) is 22.2 Å². The van der Waals surface area contributed by atoms with Gasteiger partial charge in [-0.2, -0.15) is 0 Å². The number of carbonyl (C=O) groups is 1. The highest BCUT2D eigenvalue weighted by Gasteiger charge is 2.18. The summed E-state index contributed by atoms with van der Waals surface area (Å²) in [5, 5.41) is 1.20. The second-order valence-electron chi connectivity index (χ2n) is 5.15. The van der Waals surface area contributed by atoms with Crippen LogP contribution in [0.3, 0.4) is 0 Å². The molecule has 0 aliphatic rings. The van der Waals surface area contributed by atoms with Crippen LogP contribution in [-0.2, 0) is 16.1 Å².